The quantitative estimate of drug-likeness (QED) is 0.836. The van der Waals surface area contributed by atoms with E-state index in [0.29, 0.717) is 6.20 Å². The van der Waals surface area contributed by atoms with Crippen LogP contribution >= 0.6 is 15.9 Å². The molecule has 2 N–H and O–H groups in total. The van der Waals surface area contributed by atoms with E-state index in [-0.39, 0.29) is 5.33 Å². The summed E-state index contributed by atoms with van der Waals surface area (Å²) in [5.74, 6) is -3.22. The molecule has 5 nitrogen and oxygen atoms in total. The second kappa shape index (κ2) is 4.78. The molecule has 0 unspecified atom stereocenters. The van der Waals surface area contributed by atoms with Gasteiger partial charge in [-0.1, -0.05) is 15.9 Å². The molecule has 1 rings (SSSR count). The van der Waals surface area contributed by atoms with Gasteiger partial charge >= 0.3 is 12.3 Å². The molecule has 94 valence electrons. The number of carboxylic acids is 1. The highest BCUT2D eigenvalue weighted by Crippen LogP contribution is 2.32. The predicted octanol–water partition coefficient (Wildman–Crippen LogP) is 2.28. The molecule has 0 spiro atoms. The number of carboxylic acid groups (broad SMARTS) is 1. The summed E-state index contributed by atoms with van der Waals surface area (Å²) in [6.07, 6.45) is -4.41. The number of aromatic nitrogens is 1. The van der Waals surface area contributed by atoms with Gasteiger partial charge in [0.25, 0.3) is 0 Å². The molecule has 0 saturated carbocycles. The molecule has 0 aliphatic rings. The Hall–Kier alpha value is -1.51. The summed E-state index contributed by atoms with van der Waals surface area (Å²) in [5.41, 5.74) is -1.08. The number of ether oxygens (including phenoxy) is 1. The van der Waals surface area contributed by atoms with Crippen LogP contribution in [0, 0.1) is 0 Å². The van der Waals surface area contributed by atoms with Gasteiger partial charge in [0.05, 0.1) is 6.20 Å². The van der Waals surface area contributed by atoms with Crippen molar-refractivity contribution in [2.75, 3.05) is 0 Å². The van der Waals surface area contributed by atoms with Crippen LogP contribution < -0.4 is 4.74 Å². The van der Waals surface area contributed by atoms with E-state index in [1.807, 2.05) is 0 Å². The second-order valence-corrected chi connectivity index (χ2v) is 3.35. The molecule has 0 fully saturated rings. The molecule has 0 saturated heterocycles. The Morgan fingerprint density at radius 2 is 2.12 bits per heavy atom. The normalized spacial score (nSPS) is 11.3. The molecule has 9 heteroatoms. The van der Waals surface area contributed by atoms with Gasteiger partial charge in [0.1, 0.15) is 11.3 Å². The lowest BCUT2D eigenvalue weighted by Crippen LogP contribution is -2.20. The van der Waals surface area contributed by atoms with Crippen LogP contribution in [0.25, 0.3) is 0 Å². The molecular weight excluding hydrogens is 311 g/mol. The van der Waals surface area contributed by atoms with E-state index in [1.54, 1.807) is 0 Å². The van der Waals surface area contributed by atoms with Crippen molar-refractivity contribution in [1.82, 2.24) is 4.98 Å². The molecule has 1 aromatic heterocycles. The summed E-state index contributed by atoms with van der Waals surface area (Å²) < 4.78 is 39.6. The number of pyridine rings is 1. The van der Waals surface area contributed by atoms with E-state index in [1.165, 1.54) is 0 Å². The van der Waals surface area contributed by atoms with Gasteiger partial charge in [0, 0.05) is 10.9 Å². The van der Waals surface area contributed by atoms with Crippen molar-refractivity contribution in [3.8, 4) is 11.6 Å². The summed E-state index contributed by atoms with van der Waals surface area (Å²) in [7, 11) is 0. The minimum absolute atomic E-state index is 0.262. The average molecular weight is 316 g/mol. The fraction of sp³-hybridized carbons (Fsp3) is 0.250. The van der Waals surface area contributed by atoms with Gasteiger partial charge in [-0.15, -0.1) is 13.2 Å². The zero-order valence-electron chi connectivity index (χ0n) is 7.95. The van der Waals surface area contributed by atoms with E-state index in [0.717, 1.165) is 0 Å². The van der Waals surface area contributed by atoms with E-state index >= 15 is 0 Å². The van der Waals surface area contributed by atoms with Crippen LogP contribution in [0.15, 0.2) is 6.20 Å². The number of hydrogen-bond donors (Lipinski definition) is 2. The van der Waals surface area contributed by atoms with Gasteiger partial charge in [-0.05, 0) is 0 Å². The maximum absolute atomic E-state index is 12.0. The Kier molecular flexibility index (Phi) is 3.81. The van der Waals surface area contributed by atoms with Crippen LogP contribution in [0.1, 0.15) is 15.9 Å². The number of halogens is 4. The standard InChI is InChI=1S/C8H5BrF3NO4/c9-1-3-5(7(15)16)4(14)2-13-6(3)17-8(10,11)12/h2,14H,1H2,(H,15,16). The molecule has 1 heterocycles. The van der Waals surface area contributed by atoms with Crippen LogP contribution in [-0.4, -0.2) is 27.5 Å². The monoisotopic (exact) mass is 315 g/mol. The lowest BCUT2D eigenvalue weighted by atomic mass is 10.1. The first-order valence-electron chi connectivity index (χ1n) is 4.02. The van der Waals surface area contributed by atoms with Crippen LogP contribution in [-0.2, 0) is 5.33 Å². The summed E-state index contributed by atoms with van der Waals surface area (Å²) in [4.78, 5) is 14.0. The van der Waals surface area contributed by atoms with Gasteiger partial charge < -0.3 is 14.9 Å². The SMILES string of the molecule is O=C(O)c1c(O)cnc(OC(F)(F)F)c1CBr. The fourth-order valence-corrected chi connectivity index (χ4v) is 1.60. The maximum atomic E-state index is 12.0. The summed E-state index contributed by atoms with van der Waals surface area (Å²) in [5, 5.41) is 17.7. The van der Waals surface area contributed by atoms with Crippen LogP contribution in [0.4, 0.5) is 13.2 Å². The molecule has 17 heavy (non-hydrogen) atoms. The summed E-state index contributed by atoms with van der Waals surface area (Å²) in [6.45, 7) is 0. The highest BCUT2D eigenvalue weighted by molar-refractivity contribution is 9.08. The Labute approximate surface area is 101 Å². The number of aromatic hydroxyl groups is 1. The molecule has 1 aromatic rings. The molecule has 0 bridgehead atoms. The van der Waals surface area contributed by atoms with Gasteiger partial charge in [-0.3, -0.25) is 0 Å². The fourth-order valence-electron chi connectivity index (χ4n) is 1.08. The first kappa shape index (κ1) is 13.6. The number of nitrogens with zero attached hydrogens (tertiary/aromatic N) is 1. The van der Waals surface area contributed by atoms with E-state index < -0.39 is 35.1 Å². The number of aromatic carboxylic acids is 1. The van der Waals surface area contributed by atoms with Crippen molar-refractivity contribution in [2.24, 2.45) is 0 Å². The van der Waals surface area contributed by atoms with Crippen molar-refractivity contribution in [1.29, 1.82) is 0 Å². The Balaban J connectivity index is 3.33. The van der Waals surface area contributed by atoms with E-state index in [4.69, 9.17) is 5.11 Å². The predicted molar refractivity (Wildman–Crippen MR) is 52.2 cm³/mol. The zero-order chi connectivity index (χ0) is 13.2. The molecular formula is C8H5BrF3NO4. The van der Waals surface area contributed by atoms with Crippen molar-refractivity contribution in [3.05, 3.63) is 17.3 Å². The molecule has 0 radical (unpaired) electrons. The molecule has 0 aliphatic carbocycles. The third-order valence-electron chi connectivity index (χ3n) is 1.68. The van der Waals surface area contributed by atoms with Gasteiger partial charge in [-0.25, -0.2) is 9.78 Å². The summed E-state index contributed by atoms with van der Waals surface area (Å²) in [6, 6.07) is 0. The number of rotatable bonds is 3. The van der Waals surface area contributed by atoms with Gasteiger partial charge in [-0.2, -0.15) is 0 Å². The lowest BCUT2D eigenvalue weighted by Gasteiger charge is -2.13. The van der Waals surface area contributed by atoms with Crippen molar-refractivity contribution >= 4 is 21.9 Å². The molecule has 0 aromatic carbocycles. The van der Waals surface area contributed by atoms with Gasteiger partial charge in [0.2, 0.25) is 5.88 Å². The molecule has 0 amide bonds. The van der Waals surface area contributed by atoms with Crippen LogP contribution in [0.3, 0.4) is 0 Å². The minimum Gasteiger partial charge on any atom is -0.505 e. The number of carbonyl (C=O) groups is 1. The summed E-state index contributed by atoms with van der Waals surface area (Å²) >= 11 is 2.81. The third-order valence-corrected chi connectivity index (χ3v) is 2.24. The van der Waals surface area contributed by atoms with Crippen LogP contribution in [0.2, 0.25) is 0 Å². The first-order valence-corrected chi connectivity index (χ1v) is 5.14. The Morgan fingerprint density at radius 3 is 2.53 bits per heavy atom. The van der Waals surface area contributed by atoms with Crippen molar-refractivity contribution in [3.63, 3.8) is 0 Å². The zero-order valence-corrected chi connectivity index (χ0v) is 9.54. The Morgan fingerprint density at radius 1 is 1.53 bits per heavy atom. The van der Waals surface area contributed by atoms with E-state index in [2.05, 4.69) is 25.7 Å². The van der Waals surface area contributed by atoms with E-state index in [9.17, 15) is 23.1 Å². The smallest absolute Gasteiger partial charge is 0.505 e. The third kappa shape index (κ3) is 3.22. The van der Waals surface area contributed by atoms with Crippen molar-refractivity contribution in [2.45, 2.75) is 11.7 Å². The number of alkyl halides is 4. The van der Waals surface area contributed by atoms with Crippen molar-refractivity contribution < 1.29 is 32.9 Å². The van der Waals surface area contributed by atoms with Crippen LogP contribution in [0.5, 0.6) is 11.6 Å². The highest BCUT2D eigenvalue weighted by Gasteiger charge is 2.34. The largest absolute Gasteiger partial charge is 0.574 e. The highest BCUT2D eigenvalue weighted by atomic mass is 79.9. The topological polar surface area (TPSA) is 79.7 Å². The maximum Gasteiger partial charge on any atom is 0.574 e. The minimum atomic E-state index is -4.99. The lowest BCUT2D eigenvalue weighted by molar-refractivity contribution is -0.276. The first-order chi connectivity index (χ1) is 7.76. The number of hydrogen-bond acceptors (Lipinski definition) is 4. The van der Waals surface area contributed by atoms with Gasteiger partial charge in [0.15, 0.2) is 0 Å². The second-order valence-electron chi connectivity index (χ2n) is 2.79. The molecule has 0 atom stereocenters. The molecule has 0 aliphatic heterocycles. The Bertz CT molecular complexity index is 449. The average Bonchev–Trinajstić information content (AvgIpc) is 2.17.